The van der Waals surface area contributed by atoms with Gasteiger partial charge in [-0.15, -0.1) is 0 Å². The fraction of sp³-hybridized carbons (Fsp3) is 0.267. The molecule has 2 nitrogen and oxygen atoms in total. The molecule has 0 aliphatic heterocycles. The average molecular weight is 224 g/mol. The molecule has 1 aliphatic carbocycles. The molecular weight excluding hydrogens is 208 g/mol. The molecule has 2 heteroatoms. The highest BCUT2D eigenvalue weighted by atomic mass is 15.0. The number of aromatic nitrogens is 1. The topological polar surface area (TPSA) is 24.9 Å². The van der Waals surface area contributed by atoms with Crippen molar-refractivity contribution in [3.8, 4) is 0 Å². The van der Waals surface area contributed by atoms with Gasteiger partial charge in [0.15, 0.2) is 0 Å². The van der Waals surface area contributed by atoms with Crippen molar-refractivity contribution in [2.75, 3.05) is 5.32 Å². The first-order chi connectivity index (χ1) is 8.33. The van der Waals surface area contributed by atoms with Crippen LogP contribution < -0.4 is 5.32 Å². The number of pyridine rings is 1. The fourth-order valence-electron chi connectivity index (χ4n) is 2.17. The van der Waals surface area contributed by atoms with E-state index in [4.69, 9.17) is 0 Å². The Morgan fingerprint density at radius 3 is 2.65 bits per heavy atom. The molecule has 17 heavy (non-hydrogen) atoms. The van der Waals surface area contributed by atoms with E-state index >= 15 is 0 Å². The minimum Gasteiger partial charge on any atom is -0.367 e. The number of nitrogens with one attached hydrogen (secondary N) is 1. The van der Waals surface area contributed by atoms with E-state index in [0.717, 1.165) is 5.82 Å². The summed E-state index contributed by atoms with van der Waals surface area (Å²) in [5, 5.41) is 3.48. The first-order valence-electron chi connectivity index (χ1n) is 6.07. The monoisotopic (exact) mass is 224 g/mol. The van der Waals surface area contributed by atoms with Crippen molar-refractivity contribution in [2.45, 2.75) is 25.3 Å². The van der Waals surface area contributed by atoms with Gasteiger partial charge in [-0.05, 0) is 30.5 Å². The summed E-state index contributed by atoms with van der Waals surface area (Å²) in [7, 11) is 0. The lowest BCUT2D eigenvalue weighted by molar-refractivity contribution is 1.03. The highest BCUT2D eigenvalue weighted by molar-refractivity contribution is 5.42. The minimum absolute atomic E-state index is 0.549. The molecule has 0 spiro atoms. The van der Waals surface area contributed by atoms with Crippen molar-refractivity contribution in [3.63, 3.8) is 0 Å². The van der Waals surface area contributed by atoms with Crippen LogP contribution in [0.2, 0.25) is 0 Å². The molecule has 1 aromatic carbocycles. The van der Waals surface area contributed by atoms with Gasteiger partial charge in [-0.1, -0.05) is 36.4 Å². The normalized spacial score (nSPS) is 22.2. The minimum atomic E-state index is 0.549. The van der Waals surface area contributed by atoms with Gasteiger partial charge in [0.1, 0.15) is 5.82 Å². The Labute approximate surface area is 102 Å². The van der Waals surface area contributed by atoms with Crippen LogP contribution in [0.15, 0.2) is 48.7 Å². The van der Waals surface area contributed by atoms with Crippen LogP contribution in [0, 0.1) is 6.92 Å². The summed E-state index contributed by atoms with van der Waals surface area (Å²) < 4.78 is 0. The van der Waals surface area contributed by atoms with Crippen LogP contribution in [-0.4, -0.2) is 11.0 Å². The highest BCUT2D eigenvalue weighted by Crippen LogP contribution is 2.42. The molecule has 1 aliphatic rings. The Balaban J connectivity index is 1.64. The van der Waals surface area contributed by atoms with Crippen LogP contribution in [0.5, 0.6) is 0 Å². The molecule has 3 rings (SSSR count). The predicted molar refractivity (Wildman–Crippen MR) is 70.2 cm³/mol. The number of rotatable bonds is 3. The van der Waals surface area contributed by atoms with Crippen LogP contribution >= 0.6 is 0 Å². The average Bonchev–Trinajstić information content (AvgIpc) is 3.13. The van der Waals surface area contributed by atoms with Gasteiger partial charge in [0, 0.05) is 18.2 Å². The van der Waals surface area contributed by atoms with Crippen molar-refractivity contribution in [1.29, 1.82) is 0 Å². The van der Waals surface area contributed by atoms with Crippen LogP contribution in [0.25, 0.3) is 0 Å². The SMILES string of the molecule is Cc1ccc(NC2CC2c2ccccc2)nc1. The molecule has 2 unspecified atom stereocenters. The third-order valence-corrected chi connectivity index (χ3v) is 3.26. The first-order valence-corrected chi connectivity index (χ1v) is 6.07. The largest absolute Gasteiger partial charge is 0.367 e. The molecule has 1 heterocycles. The molecular formula is C15H16N2. The fourth-order valence-corrected chi connectivity index (χ4v) is 2.17. The molecule has 1 N–H and O–H groups in total. The Bertz CT molecular complexity index is 490. The first kappa shape index (κ1) is 10.3. The van der Waals surface area contributed by atoms with Crippen LogP contribution in [0.3, 0.4) is 0 Å². The Kier molecular flexibility index (Phi) is 2.56. The Hall–Kier alpha value is -1.83. The number of hydrogen-bond donors (Lipinski definition) is 1. The van der Waals surface area contributed by atoms with E-state index in [0.29, 0.717) is 12.0 Å². The maximum atomic E-state index is 4.38. The van der Waals surface area contributed by atoms with Crippen LogP contribution in [-0.2, 0) is 0 Å². The summed E-state index contributed by atoms with van der Waals surface area (Å²) in [5.74, 6) is 1.64. The number of aryl methyl sites for hydroxylation is 1. The standard InChI is InChI=1S/C15H16N2/c1-11-7-8-15(16-10-11)17-14-9-13(14)12-5-3-2-4-6-12/h2-8,10,13-14H,9H2,1H3,(H,16,17). The Morgan fingerprint density at radius 2 is 1.94 bits per heavy atom. The van der Waals surface area contributed by atoms with Gasteiger partial charge in [0.05, 0.1) is 0 Å². The highest BCUT2D eigenvalue weighted by Gasteiger charge is 2.38. The zero-order valence-electron chi connectivity index (χ0n) is 9.93. The maximum Gasteiger partial charge on any atom is 0.126 e. The van der Waals surface area contributed by atoms with E-state index in [9.17, 15) is 0 Å². The molecule has 2 atom stereocenters. The van der Waals surface area contributed by atoms with Gasteiger partial charge >= 0.3 is 0 Å². The second-order valence-electron chi connectivity index (χ2n) is 4.72. The van der Waals surface area contributed by atoms with E-state index in [1.54, 1.807) is 0 Å². The Morgan fingerprint density at radius 1 is 1.12 bits per heavy atom. The van der Waals surface area contributed by atoms with Gasteiger partial charge in [0.2, 0.25) is 0 Å². The molecule has 0 saturated heterocycles. The second kappa shape index (κ2) is 4.21. The summed E-state index contributed by atoms with van der Waals surface area (Å²) in [6.45, 7) is 2.06. The third kappa shape index (κ3) is 2.31. The van der Waals surface area contributed by atoms with Crippen LogP contribution in [0.1, 0.15) is 23.5 Å². The van der Waals surface area contributed by atoms with Crippen molar-refractivity contribution < 1.29 is 0 Å². The predicted octanol–water partition coefficient (Wildman–Crippen LogP) is 3.36. The number of anilines is 1. The molecule has 0 radical (unpaired) electrons. The smallest absolute Gasteiger partial charge is 0.126 e. The van der Waals surface area contributed by atoms with E-state index in [2.05, 4.69) is 59.7 Å². The van der Waals surface area contributed by atoms with Crippen molar-refractivity contribution in [1.82, 2.24) is 4.98 Å². The summed E-state index contributed by atoms with van der Waals surface area (Å²) >= 11 is 0. The van der Waals surface area contributed by atoms with E-state index < -0.39 is 0 Å². The zero-order chi connectivity index (χ0) is 11.7. The quantitative estimate of drug-likeness (QED) is 0.864. The molecule has 1 aromatic heterocycles. The van der Waals surface area contributed by atoms with Gasteiger partial charge in [-0.25, -0.2) is 4.98 Å². The lowest BCUT2D eigenvalue weighted by Crippen LogP contribution is -2.05. The van der Waals surface area contributed by atoms with E-state index in [-0.39, 0.29) is 0 Å². The number of benzene rings is 1. The summed E-state index contributed by atoms with van der Waals surface area (Å²) in [6, 6.07) is 15.4. The molecule has 0 amide bonds. The van der Waals surface area contributed by atoms with Gasteiger partial charge in [-0.2, -0.15) is 0 Å². The molecule has 86 valence electrons. The van der Waals surface area contributed by atoms with Gasteiger partial charge < -0.3 is 5.32 Å². The third-order valence-electron chi connectivity index (χ3n) is 3.26. The lowest BCUT2D eigenvalue weighted by atomic mass is 10.1. The van der Waals surface area contributed by atoms with Gasteiger partial charge in [-0.3, -0.25) is 0 Å². The molecule has 1 fully saturated rings. The number of nitrogens with zero attached hydrogens (tertiary/aromatic N) is 1. The second-order valence-corrected chi connectivity index (χ2v) is 4.72. The molecule has 0 bridgehead atoms. The molecule has 2 aromatic rings. The number of hydrogen-bond acceptors (Lipinski definition) is 2. The molecule has 1 saturated carbocycles. The summed E-state index contributed by atoms with van der Waals surface area (Å²) in [6.07, 6.45) is 3.11. The van der Waals surface area contributed by atoms with Crippen molar-refractivity contribution in [2.24, 2.45) is 0 Å². The zero-order valence-corrected chi connectivity index (χ0v) is 9.93. The summed E-state index contributed by atoms with van der Waals surface area (Å²) in [5.41, 5.74) is 2.63. The van der Waals surface area contributed by atoms with E-state index in [1.807, 2.05) is 6.20 Å². The van der Waals surface area contributed by atoms with Crippen molar-refractivity contribution in [3.05, 3.63) is 59.8 Å². The van der Waals surface area contributed by atoms with E-state index in [1.165, 1.54) is 17.5 Å². The lowest BCUT2D eigenvalue weighted by Gasteiger charge is -2.05. The van der Waals surface area contributed by atoms with Crippen molar-refractivity contribution >= 4 is 5.82 Å². The summed E-state index contributed by atoms with van der Waals surface area (Å²) in [4.78, 5) is 4.38. The van der Waals surface area contributed by atoms with Crippen LogP contribution in [0.4, 0.5) is 5.82 Å². The maximum absolute atomic E-state index is 4.38. The van der Waals surface area contributed by atoms with Gasteiger partial charge in [0.25, 0.3) is 0 Å².